The molecule has 8 unspecified atom stereocenters. The third-order valence-corrected chi connectivity index (χ3v) is 11.8. The summed E-state index contributed by atoms with van der Waals surface area (Å²) in [6.07, 6.45) is 38.8. The van der Waals surface area contributed by atoms with Crippen LogP contribution < -0.4 is 5.32 Å². The molecular weight excluding hydrogens is 771 g/mol. The van der Waals surface area contributed by atoms with Crippen molar-refractivity contribution < 1.29 is 44.9 Å². The van der Waals surface area contributed by atoms with Crippen molar-refractivity contribution in [3.8, 4) is 0 Å². The lowest BCUT2D eigenvalue weighted by Crippen LogP contribution is -2.60. The number of carbonyl (C=O) groups excluding carboxylic acids is 1. The molecule has 0 aromatic heterocycles. The highest BCUT2D eigenvalue weighted by atomic mass is 16.7. The number of ether oxygens (including phenoxy) is 2. The van der Waals surface area contributed by atoms with Gasteiger partial charge in [-0.15, -0.1) is 0 Å². The average Bonchev–Trinajstić information content (AvgIpc) is 3.25. The van der Waals surface area contributed by atoms with Crippen molar-refractivity contribution in [2.75, 3.05) is 13.2 Å². The van der Waals surface area contributed by atoms with Gasteiger partial charge >= 0.3 is 0 Å². The Morgan fingerprint density at radius 2 is 1.11 bits per heavy atom. The summed E-state index contributed by atoms with van der Waals surface area (Å²) in [4.78, 5) is 13.1. The molecule has 0 radical (unpaired) electrons. The van der Waals surface area contributed by atoms with E-state index in [0.717, 1.165) is 32.1 Å². The Bertz CT molecular complexity index is 1140. The first kappa shape index (κ1) is 57.1. The van der Waals surface area contributed by atoms with Gasteiger partial charge in [-0.1, -0.05) is 190 Å². The smallest absolute Gasteiger partial charge is 0.249 e. The summed E-state index contributed by atoms with van der Waals surface area (Å²) < 4.78 is 11.1. The predicted molar refractivity (Wildman–Crippen MR) is 250 cm³/mol. The maximum Gasteiger partial charge on any atom is 0.249 e. The first-order chi connectivity index (χ1) is 29.7. The summed E-state index contributed by atoms with van der Waals surface area (Å²) in [7, 11) is 0. The van der Waals surface area contributed by atoms with Gasteiger partial charge in [0.25, 0.3) is 0 Å². The van der Waals surface area contributed by atoms with Crippen molar-refractivity contribution >= 4 is 5.91 Å². The molecule has 1 heterocycles. The lowest BCUT2D eigenvalue weighted by molar-refractivity contribution is -0.302. The van der Waals surface area contributed by atoms with Gasteiger partial charge in [0, 0.05) is 0 Å². The largest absolute Gasteiger partial charge is 0.394 e. The monoisotopic (exact) mass is 864 g/mol. The normalized spacial score (nSPS) is 21.5. The Labute approximate surface area is 372 Å². The quantitative estimate of drug-likeness (QED) is 0.0180. The Morgan fingerprint density at radius 3 is 1.64 bits per heavy atom. The molecule has 356 valence electrons. The molecule has 1 fully saturated rings. The maximum atomic E-state index is 13.1. The van der Waals surface area contributed by atoms with Gasteiger partial charge in [0.15, 0.2) is 6.29 Å². The fourth-order valence-corrected chi connectivity index (χ4v) is 7.67. The number of allylic oxidation sites excluding steroid dienone is 7. The van der Waals surface area contributed by atoms with Crippen LogP contribution in [0.2, 0.25) is 0 Å². The summed E-state index contributed by atoms with van der Waals surface area (Å²) >= 11 is 0. The van der Waals surface area contributed by atoms with Crippen LogP contribution in [0.1, 0.15) is 207 Å². The topological polar surface area (TPSA) is 169 Å². The molecule has 0 bridgehead atoms. The number of amides is 1. The van der Waals surface area contributed by atoms with Gasteiger partial charge in [0.2, 0.25) is 5.91 Å². The molecule has 10 heteroatoms. The van der Waals surface area contributed by atoms with Gasteiger partial charge < -0.3 is 45.4 Å². The minimum absolute atomic E-state index is 0.298. The van der Waals surface area contributed by atoms with Crippen LogP contribution in [0.3, 0.4) is 0 Å². The molecule has 8 atom stereocenters. The summed E-state index contributed by atoms with van der Waals surface area (Å²) in [5.41, 5.74) is 1.18. The molecular formula is C51H93NO9. The van der Waals surface area contributed by atoms with E-state index in [1.54, 1.807) is 6.08 Å². The molecule has 0 spiro atoms. The van der Waals surface area contributed by atoms with Gasteiger partial charge in [0.05, 0.1) is 25.4 Å². The van der Waals surface area contributed by atoms with Crippen LogP contribution in [0.15, 0.2) is 48.1 Å². The summed E-state index contributed by atoms with van der Waals surface area (Å²) in [5, 5.41) is 64.8. The van der Waals surface area contributed by atoms with Crippen molar-refractivity contribution in [2.24, 2.45) is 0 Å². The van der Waals surface area contributed by atoms with Crippen LogP contribution in [-0.4, -0.2) is 98.7 Å². The molecule has 1 aliphatic heterocycles. The van der Waals surface area contributed by atoms with E-state index in [0.29, 0.717) is 19.3 Å². The molecule has 1 saturated heterocycles. The van der Waals surface area contributed by atoms with Crippen molar-refractivity contribution in [3.63, 3.8) is 0 Å². The van der Waals surface area contributed by atoms with Crippen LogP contribution >= 0.6 is 0 Å². The highest BCUT2D eigenvalue weighted by Gasteiger charge is 2.44. The van der Waals surface area contributed by atoms with E-state index in [2.05, 4.69) is 56.5 Å². The number of aliphatic hydroxyl groups is 6. The van der Waals surface area contributed by atoms with E-state index in [1.807, 2.05) is 6.08 Å². The molecule has 7 N–H and O–H groups in total. The minimum atomic E-state index is -1.62. The highest BCUT2D eigenvalue weighted by Crippen LogP contribution is 2.23. The standard InChI is InChI=1S/C51H93NO9/c1-4-6-8-10-12-13-14-15-16-17-18-19-20-21-22-23-24-25-26-28-30-34-39-45(55)50(59)52-43(41-60-51-49(58)48(57)47(56)46(40-53)61-51)44(54)38-35-31-33-37-42(3)36-32-29-27-11-9-7-5-2/h15-16,32,35-38,43-49,51,53-58H,4-14,17-31,33-34,39-41H2,1-3H3,(H,52,59). The zero-order chi connectivity index (χ0) is 44.8. The highest BCUT2D eigenvalue weighted by molar-refractivity contribution is 5.80. The summed E-state index contributed by atoms with van der Waals surface area (Å²) in [6.45, 7) is 5.62. The van der Waals surface area contributed by atoms with E-state index in [-0.39, 0.29) is 6.61 Å². The Hall–Kier alpha value is -1.89. The van der Waals surface area contributed by atoms with Crippen LogP contribution in [-0.2, 0) is 14.3 Å². The van der Waals surface area contributed by atoms with Gasteiger partial charge in [-0.05, 0) is 64.7 Å². The molecule has 0 saturated carbocycles. The van der Waals surface area contributed by atoms with Crippen LogP contribution in [0.5, 0.6) is 0 Å². The number of unbranched alkanes of at least 4 members (excludes halogenated alkanes) is 24. The van der Waals surface area contributed by atoms with Gasteiger partial charge in [-0.2, -0.15) is 0 Å². The lowest BCUT2D eigenvalue weighted by Gasteiger charge is -2.40. The fourth-order valence-electron chi connectivity index (χ4n) is 7.67. The molecule has 0 aliphatic carbocycles. The van der Waals surface area contributed by atoms with Crippen molar-refractivity contribution in [1.82, 2.24) is 5.32 Å². The number of nitrogens with one attached hydrogen (secondary N) is 1. The molecule has 1 amide bonds. The minimum Gasteiger partial charge on any atom is -0.394 e. The average molecular weight is 864 g/mol. The van der Waals surface area contributed by atoms with Crippen LogP contribution in [0, 0.1) is 0 Å². The first-order valence-electron chi connectivity index (χ1n) is 24.9. The molecule has 0 aromatic rings. The summed E-state index contributed by atoms with van der Waals surface area (Å²) in [6, 6.07) is -1.01. The number of hydrogen-bond acceptors (Lipinski definition) is 9. The van der Waals surface area contributed by atoms with Gasteiger partial charge in [0.1, 0.15) is 30.5 Å². The van der Waals surface area contributed by atoms with Crippen LogP contribution in [0.25, 0.3) is 0 Å². The zero-order valence-electron chi connectivity index (χ0n) is 39.0. The number of carbonyl (C=O) groups is 1. The SMILES string of the molecule is CCCCCCCC=CC(C)=CCCC=CC(O)C(COC1OC(CO)C(O)C(O)C1O)NC(=O)C(O)CCCCCCCCCCCCCCC=CCCCCCCCC. The first-order valence-corrected chi connectivity index (χ1v) is 24.9. The van der Waals surface area contributed by atoms with Crippen molar-refractivity contribution in [3.05, 3.63) is 48.1 Å². The van der Waals surface area contributed by atoms with E-state index in [4.69, 9.17) is 9.47 Å². The number of aliphatic hydroxyl groups excluding tert-OH is 6. The predicted octanol–water partition coefficient (Wildman–Crippen LogP) is 9.98. The molecule has 61 heavy (non-hydrogen) atoms. The van der Waals surface area contributed by atoms with Crippen LogP contribution in [0.4, 0.5) is 0 Å². The maximum absolute atomic E-state index is 13.1. The van der Waals surface area contributed by atoms with E-state index in [1.165, 1.54) is 140 Å². The molecule has 10 nitrogen and oxygen atoms in total. The second-order valence-electron chi connectivity index (χ2n) is 17.6. The van der Waals surface area contributed by atoms with E-state index < -0.39 is 61.5 Å². The third-order valence-electron chi connectivity index (χ3n) is 11.8. The third kappa shape index (κ3) is 30.0. The Kier molecular flexibility index (Phi) is 37.2. The second kappa shape index (κ2) is 39.7. The van der Waals surface area contributed by atoms with Gasteiger partial charge in [-0.3, -0.25) is 4.79 Å². The molecule has 0 aromatic carbocycles. The van der Waals surface area contributed by atoms with E-state index in [9.17, 15) is 35.4 Å². The number of rotatable bonds is 40. The van der Waals surface area contributed by atoms with Crippen molar-refractivity contribution in [2.45, 2.75) is 256 Å². The molecule has 1 rings (SSSR count). The second-order valence-corrected chi connectivity index (χ2v) is 17.6. The Balaban J connectivity index is 2.40. The van der Waals surface area contributed by atoms with E-state index >= 15 is 0 Å². The van der Waals surface area contributed by atoms with Gasteiger partial charge in [-0.25, -0.2) is 0 Å². The Morgan fingerprint density at radius 1 is 0.623 bits per heavy atom. The zero-order valence-corrected chi connectivity index (χ0v) is 39.0. The number of hydrogen-bond donors (Lipinski definition) is 7. The summed E-state index contributed by atoms with van der Waals surface area (Å²) in [5.74, 6) is -0.634. The lowest BCUT2D eigenvalue weighted by atomic mass is 9.99. The fraction of sp³-hybridized carbons (Fsp3) is 0.824. The molecule has 1 aliphatic rings. The van der Waals surface area contributed by atoms with Crippen molar-refractivity contribution in [1.29, 1.82) is 0 Å².